The molecule has 1 saturated heterocycles. The van der Waals surface area contributed by atoms with Crippen LogP contribution in [0.4, 0.5) is 11.6 Å². The lowest BCUT2D eigenvalue weighted by Gasteiger charge is -2.36. The Kier molecular flexibility index (Phi) is 4.88. The van der Waals surface area contributed by atoms with Gasteiger partial charge in [0, 0.05) is 44.4 Å². The average Bonchev–Trinajstić information content (AvgIpc) is 3.26. The van der Waals surface area contributed by atoms with Crippen molar-refractivity contribution in [1.29, 1.82) is 0 Å². The second-order valence-electron chi connectivity index (χ2n) is 8.11. The predicted molar refractivity (Wildman–Crippen MR) is 117 cm³/mol. The maximum Gasteiger partial charge on any atom is 0.154 e. The quantitative estimate of drug-likeness (QED) is 0.687. The molecule has 5 rings (SSSR count). The van der Waals surface area contributed by atoms with E-state index in [4.69, 9.17) is 10.2 Å². The van der Waals surface area contributed by atoms with Crippen LogP contribution in [0.1, 0.15) is 34.4 Å². The van der Waals surface area contributed by atoms with Crippen LogP contribution in [0, 0.1) is 6.92 Å². The molecule has 1 aromatic carbocycles. The third kappa shape index (κ3) is 3.69. The highest BCUT2D eigenvalue weighted by molar-refractivity contribution is 5.55. The minimum absolute atomic E-state index is 0.878. The lowest BCUT2D eigenvalue weighted by Crippen LogP contribution is -2.47. The van der Waals surface area contributed by atoms with E-state index in [9.17, 15) is 0 Å². The average molecular weight is 386 g/mol. The molecule has 3 heterocycles. The first kappa shape index (κ1) is 18.1. The summed E-state index contributed by atoms with van der Waals surface area (Å²) < 4.78 is 0. The van der Waals surface area contributed by atoms with E-state index in [2.05, 4.69) is 64.2 Å². The van der Waals surface area contributed by atoms with Crippen LogP contribution in [0.25, 0.3) is 0 Å². The summed E-state index contributed by atoms with van der Waals surface area (Å²) in [4.78, 5) is 9.38. The van der Waals surface area contributed by atoms with Crippen LogP contribution in [0.2, 0.25) is 0 Å². The summed E-state index contributed by atoms with van der Waals surface area (Å²) in [6, 6.07) is 14.9. The topological polar surface area (TPSA) is 45.2 Å². The van der Waals surface area contributed by atoms with Crippen LogP contribution >= 0.6 is 0 Å². The summed E-state index contributed by atoms with van der Waals surface area (Å²) in [5, 5.41) is 9.41. The molecule has 3 aromatic rings. The molecule has 1 aliphatic carbocycles. The molecule has 0 bridgehead atoms. The standard InChI is InChI=1S/C24H27N5/c1-18-10-11-23(25-17-18)28-12-14-29(15-13-28)24-21-9-5-8-20(21)22(26-27-24)16-19-6-3-2-4-7-19/h2-4,6-7,10-11,17H,5,8-9,12-16H2,1H3. The van der Waals surface area contributed by atoms with Gasteiger partial charge in [0.25, 0.3) is 0 Å². The third-order valence-corrected chi connectivity index (χ3v) is 6.11. The Balaban J connectivity index is 1.33. The zero-order valence-corrected chi connectivity index (χ0v) is 17.0. The molecule has 0 atom stereocenters. The van der Waals surface area contributed by atoms with E-state index in [0.717, 1.165) is 62.8 Å². The van der Waals surface area contributed by atoms with Crippen molar-refractivity contribution in [1.82, 2.24) is 15.2 Å². The van der Waals surface area contributed by atoms with Crippen molar-refractivity contribution in [3.05, 3.63) is 76.6 Å². The molecule has 1 fully saturated rings. The van der Waals surface area contributed by atoms with Gasteiger partial charge in [-0.2, -0.15) is 5.10 Å². The van der Waals surface area contributed by atoms with Crippen LogP contribution in [0.3, 0.4) is 0 Å². The second-order valence-corrected chi connectivity index (χ2v) is 8.11. The van der Waals surface area contributed by atoms with E-state index in [-0.39, 0.29) is 0 Å². The highest BCUT2D eigenvalue weighted by Crippen LogP contribution is 2.32. The van der Waals surface area contributed by atoms with Gasteiger partial charge in [0.2, 0.25) is 0 Å². The number of aryl methyl sites for hydroxylation is 1. The van der Waals surface area contributed by atoms with Crippen molar-refractivity contribution in [2.75, 3.05) is 36.0 Å². The first-order valence-electron chi connectivity index (χ1n) is 10.6. The first-order valence-corrected chi connectivity index (χ1v) is 10.6. The Morgan fingerprint density at radius 3 is 2.34 bits per heavy atom. The maximum absolute atomic E-state index is 4.72. The van der Waals surface area contributed by atoms with Gasteiger partial charge in [0.15, 0.2) is 5.82 Å². The normalized spacial score (nSPS) is 16.2. The fourth-order valence-electron chi connectivity index (χ4n) is 4.52. The van der Waals surface area contributed by atoms with E-state index in [1.807, 2.05) is 6.20 Å². The van der Waals surface area contributed by atoms with Crippen molar-refractivity contribution < 1.29 is 0 Å². The highest BCUT2D eigenvalue weighted by Gasteiger charge is 2.26. The Morgan fingerprint density at radius 1 is 0.828 bits per heavy atom. The molecule has 0 radical (unpaired) electrons. The van der Waals surface area contributed by atoms with Gasteiger partial charge >= 0.3 is 0 Å². The van der Waals surface area contributed by atoms with Crippen LogP contribution in [0.15, 0.2) is 48.7 Å². The van der Waals surface area contributed by atoms with Gasteiger partial charge < -0.3 is 9.80 Å². The Bertz CT molecular complexity index is 976. The van der Waals surface area contributed by atoms with Gasteiger partial charge in [-0.15, -0.1) is 5.10 Å². The summed E-state index contributed by atoms with van der Waals surface area (Å²) in [6.45, 7) is 5.95. The zero-order chi connectivity index (χ0) is 19.6. The molecule has 1 aliphatic heterocycles. The van der Waals surface area contributed by atoms with Gasteiger partial charge in [-0.25, -0.2) is 4.98 Å². The van der Waals surface area contributed by atoms with Gasteiger partial charge in [0.05, 0.1) is 5.69 Å². The molecule has 5 heteroatoms. The van der Waals surface area contributed by atoms with Crippen molar-refractivity contribution in [3.8, 4) is 0 Å². The van der Waals surface area contributed by atoms with E-state index < -0.39 is 0 Å². The van der Waals surface area contributed by atoms with Crippen molar-refractivity contribution in [3.63, 3.8) is 0 Å². The Labute approximate surface area is 172 Å². The molecule has 0 amide bonds. The number of hydrogen-bond donors (Lipinski definition) is 0. The van der Waals surface area contributed by atoms with Crippen LogP contribution in [-0.2, 0) is 19.3 Å². The molecule has 29 heavy (non-hydrogen) atoms. The summed E-state index contributed by atoms with van der Waals surface area (Å²) in [5.41, 5.74) is 6.56. The fourth-order valence-corrected chi connectivity index (χ4v) is 4.52. The number of hydrogen-bond acceptors (Lipinski definition) is 5. The molecule has 5 nitrogen and oxygen atoms in total. The lowest BCUT2D eigenvalue weighted by molar-refractivity contribution is 0.634. The SMILES string of the molecule is Cc1ccc(N2CCN(c3nnc(Cc4ccccc4)c4c3CCC4)CC2)nc1. The molecule has 0 unspecified atom stereocenters. The summed E-state index contributed by atoms with van der Waals surface area (Å²) in [7, 11) is 0. The minimum atomic E-state index is 0.878. The Morgan fingerprint density at radius 2 is 1.59 bits per heavy atom. The molecule has 0 saturated carbocycles. The summed E-state index contributed by atoms with van der Waals surface area (Å²) in [5.74, 6) is 2.19. The number of rotatable bonds is 4. The predicted octanol–water partition coefficient (Wildman–Crippen LogP) is 3.59. The van der Waals surface area contributed by atoms with Crippen molar-refractivity contribution in [2.45, 2.75) is 32.6 Å². The second kappa shape index (κ2) is 7.82. The van der Waals surface area contributed by atoms with E-state index in [1.165, 1.54) is 28.7 Å². The van der Waals surface area contributed by atoms with Crippen LogP contribution < -0.4 is 9.80 Å². The lowest BCUT2D eigenvalue weighted by atomic mass is 10.0. The Hall–Kier alpha value is -2.95. The first-order chi connectivity index (χ1) is 14.3. The zero-order valence-electron chi connectivity index (χ0n) is 17.0. The van der Waals surface area contributed by atoms with Crippen LogP contribution in [-0.4, -0.2) is 41.4 Å². The molecule has 0 spiro atoms. The van der Waals surface area contributed by atoms with Crippen LogP contribution in [0.5, 0.6) is 0 Å². The molecule has 148 valence electrons. The van der Waals surface area contributed by atoms with Gasteiger partial charge in [-0.3, -0.25) is 0 Å². The number of benzene rings is 1. The monoisotopic (exact) mass is 385 g/mol. The van der Waals surface area contributed by atoms with Gasteiger partial charge in [-0.1, -0.05) is 36.4 Å². The van der Waals surface area contributed by atoms with Crippen molar-refractivity contribution in [2.24, 2.45) is 0 Å². The number of anilines is 2. The minimum Gasteiger partial charge on any atom is -0.353 e. The molecular formula is C24H27N5. The number of piperazine rings is 1. The van der Waals surface area contributed by atoms with E-state index in [1.54, 1.807) is 0 Å². The summed E-state index contributed by atoms with van der Waals surface area (Å²) in [6.07, 6.45) is 6.30. The van der Waals surface area contributed by atoms with E-state index >= 15 is 0 Å². The van der Waals surface area contributed by atoms with Gasteiger partial charge in [-0.05, 0) is 48.9 Å². The largest absolute Gasteiger partial charge is 0.353 e. The van der Waals surface area contributed by atoms with Gasteiger partial charge in [0.1, 0.15) is 5.82 Å². The number of aromatic nitrogens is 3. The smallest absolute Gasteiger partial charge is 0.154 e. The number of pyridine rings is 1. The highest BCUT2D eigenvalue weighted by atomic mass is 15.3. The number of fused-ring (bicyclic) bond motifs is 1. The van der Waals surface area contributed by atoms with Crippen molar-refractivity contribution >= 4 is 11.6 Å². The molecule has 0 N–H and O–H groups in total. The molecule has 2 aliphatic rings. The fraction of sp³-hybridized carbons (Fsp3) is 0.375. The summed E-state index contributed by atoms with van der Waals surface area (Å²) >= 11 is 0. The number of nitrogens with zero attached hydrogens (tertiary/aromatic N) is 5. The third-order valence-electron chi connectivity index (χ3n) is 6.11. The molecular weight excluding hydrogens is 358 g/mol. The van der Waals surface area contributed by atoms with E-state index in [0.29, 0.717) is 0 Å². The molecule has 2 aromatic heterocycles. The maximum atomic E-state index is 4.72.